The molecule has 1 aliphatic heterocycles. The van der Waals surface area contributed by atoms with Crippen LogP contribution >= 0.6 is 0 Å². The van der Waals surface area contributed by atoms with Crippen molar-refractivity contribution in [3.05, 3.63) is 0 Å². The van der Waals surface area contributed by atoms with Gasteiger partial charge >= 0.3 is 17.9 Å². The molecular formula is C18H31NO8. The molecule has 1 rings (SSSR count). The van der Waals surface area contributed by atoms with Gasteiger partial charge < -0.3 is 29.4 Å². The standard InChI is InChI=1S/C18H31NO8/c1-11-16(25-13(3)21)17(26-14(4)22)15(10-24-12(2)20)27-18(11)23-9-7-5-6-8-19/h11,15-18H,5-10,19H2,1-4H3. The first-order valence-electron chi connectivity index (χ1n) is 9.21. The number of hydrogen-bond acceptors (Lipinski definition) is 9. The molecule has 0 aliphatic carbocycles. The quantitative estimate of drug-likeness (QED) is 0.330. The summed E-state index contributed by atoms with van der Waals surface area (Å²) >= 11 is 0. The predicted octanol–water partition coefficient (Wildman–Crippen LogP) is 0.920. The largest absolute Gasteiger partial charge is 0.463 e. The maximum Gasteiger partial charge on any atom is 0.303 e. The molecule has 0 spiro atoms. The molecule has 0 amide bonds. The summed E-state index contributed by atoms with van der Waals surface area (Å²) in [5.41, 5.74) is 5.47. The molecule has 0 radical (unpaired) electrons. The van der Waals surface area contributed by atoms with Gasteiger partial charge in [0, 0.05) is 33.3 Å². The first-order chi connectivity index (χ1) is 12.8. The zero-order valence-electron chi connectivity index (χ0n) is 16.5. The van der Waals surface area contributed by atoms with Crippen LogP contribution in [0.1, 0.15) is 47.0 Å². The molecule has 0 aromatic rings. The van der Waals surface area contributed by atoms with Crippen LogP contribution in [-0.2, 0) is 38.1 Å². The smallest absolute Gasteiger partial charge is 0.303 e. The Balaban J connectivity index is 2.89. The first kappa shape index (κ1) is 23.3. The zero-order chi connectivity index (χ0) is 20.4. The van der Waals surface area contributed by atoms with Crippen LogP contribution in [0.3, 0.4) is 0 Å². The van der Waals surface area contributed by atoms with Crippen LogP contribution in [0.2, 0.25) is 0 Å². The molecule has 0 saturated carbocycles. The highest BCUT2D eigenvalue weighted by Crippen LogP contribution is 2.31. The van der Waals surface area contributed by atoms with Gasteiger partial charge in [0.2, 0.25) is 0 Å². The van der Waals surface area contributed by atoms with E-state index in [-0.39, 0.29) is 12.5 Å². The molecule has 1 saturated heterocycles. The van der Waals surface area contributed by atoms with Gasteiger partial charge in [0.15, 0.2) is 12.4 Å². The summed E-state index contributed by atoms with van der Waals surface area (Å²) in [7, 11) is 0. The van der Waals surface area contributed by atoms with Crippen molar-refractivity contribution in [3.63, 3.8) is 0 Å². The molecule has 0 aromatic heterocycles. The molecular weight excluding hydrogens is 358 g/mol. The zero-order valence-corrected chi connectivity index (χ0v) is 16.5. The van der Waals surface area contributed by atoms with Gasteiger partial charge in [-0.15, -0.1) is 0 Å². The van der Waals surface area contributed by atoms with Crippen molar-refractivity contribution in [2.45, 2.75) is 71.6 Å². The fourth-order valence-corrected chi connectivity index (χ4v) is 2.89. The van der Waals surface area contributed by atoms with Gasteiger partial charge in [-0.2, -0.15) is 0 Å². The first-order valence-corrected chi connectivity index (χ1v) is 9.21. The highest BCUT2D eigenvalue weighted by atomic mass is 16.7. The second-order valence-electron chi connectivity index (χ2n) is 6.57. The lowest BCUT2D eigenvalue weighted by Crippen LogP contribution is -2.58. The molecule has 5 atom stereocenters. The molecule has 5 unspecified atom stereocenters. The van der Waals surface area contributed by atoms with Crippen molar-refractivity contribution < 1.29 is 38.1 Å². The van der Waals surface area contributed by atoms with Gasteiger partial charge in [0.1, 0.15) is 18.8 Å². The Kier molecular flexibility index (Phi) is 10.3. The second-order valence-corrected chi connectivity index (χ2v) is 6.57. The maximum absolute atomic E-state index is 11.6. The number of hydrogen-bond donors (Lipinski definition) is 1. The molecule has 2 N–H and O–H groups in total. The summed E-state index contributed by atoms with van der Waals surface area (Å²) in [6.45, 7) is 6.50. The third-order valence-corrected chi connectivity index (χ3v) is 4.13. The molecule has 1 aliphatic rings. The predicted molar refractivity (Wildman–Crippen MR) is 94.4 cm³/mol. The summed E-state index contributed by atoms with van der Waals surface area (Å²) in [6, 6.07) is 0. The Bertz CT molecular complexity index is 498. The number of esters is 3. The van der Waals surface area contributed by atoms with Crippen LogP contribution in [0, 0.1) is 5.92 Å². The highest BCUT2D eigenvalue weighted by molar-refractivity contribution is 5.67. The third kappa shape index (κ3) is 8.23. The van der Waals surface area contributed by atoms with Crippen LogP contribution < -0.4 is 5.73 Å². The van der Waals surface area contributed by atoms with Crippen LogP contribution in [-0.4, -0.2) is 62.3 Å². The fourth-order valence-electron chi connectivity index (χ4n) is 2.89. The van der Waals surface area contributed by atoms with E-state index in [0.717, 1.165) is 19.3 Å². The molecule has 0 bridgehead atoms. The van der Waals surface area contributed by atoms with E-state index in [4.69, 9.17) is 29.4 Å². The summed E-state index contributed by atoms with van der Waals surface area (Å²) in [6.07, 6.45) is -0.550. The lowest BCUT2D eigenvalue weighted by Gasteiger charge is -2.43. The minimum atomic E-state index is -0.905. The van der Waals surface area contributed by atoms with Crippen LogP contribution in [0.4, 0.5) is 0 Å². The number of ether oxygens (including phenoxy) is 5. The summed E-state index contributed by atoms with van der Waals surface area (Å²) in [5, 5.41) is 0. The van der Waals surface area contributed by atoms with Crippen molar-refractivity contribution in [1.82, 2.24) is 0 Å². The number of rotatable bonds is 10. The van der Waals surface area contributed by atoms with Crippen LogP contribution in [0.15, 0.2) is 0 Å². The molecule has 9 nitrogen and oxygen atoms in total. The lowest BCUT2D eigenvalue weighted by molar-refractivity contribution is -0.288. The molecule has 156 valence electrons. The molecule has 1 heterocycles. The van der Waals surface area contributed by atoms with E-state index in [1.807, 2.05) is 0 Å². The average Bonchev–Trinajstić information content (AvgIpc) is 2.57. The third-order valence-electron chi connectivity index (χ3n) is 4.13. The van der Waals surface area contributed by atoms with Crippen LogP contribution in [0.25, 0.3) is 0 Å². The number of carbonyl (C=O) groups excluding carboxylic acids is 3. The second kappa shape index (κ2) is 11.9. The Morgan fingerprint density at radius 1 is 0.926 bits per heavy atom. The van der Waals surface area contributed by atoms with E-state index in [1.54, 1.807) is 6.92 Å². The lowest BCUT2D eigenvalue weighted by atomic mass is 9.92. The van der Waals surface area contributed by atoms with E-state index >= 15 is 0 Å². The van der Waals surface area contributed by atoms with E-state index < -0.39 is 42.5 Å². The minimum absolute atomic E-state index is 0.148. The summed E-state index contributed by atoms with van der Waals surface area (Å²) in [5.74, 6) is -1.95. The Hall–Kier alpha value is -1.71. The van der Waals surface area contributed by atoms with Crippen molar-refractivity contribution >= 4 is 17.9 Å². The van der Waals surface area contributed by atoms with Crippen molar-refractivity contribution in [2.24, 2.45) is 11.7 Å². The summed E-state index contributed by atoms with van der Waals surface area (Å²) < 4.78 is 27.4. The maximum atomic E-state index is 11.6. The Labute approximate surface area is 159 Å². The van der Waals surface area contributed by atoms with Crippen molar-refractivity contribution in [3.8, 4) is 0 Å². The van der Waals surface area contributed by atoms with Gasteiger partial charge in [-0.1, -0.05) is 6.92 Å². The van der Waals surface area contributed by atoms with Gasteiger partial charge in [-0.05, 0) is 25.8 Å². The fraction of sp³-hybridized carbons (Fsp3) is 0.833. The number of unbranched alkanes of at least 4 members (excludes halogenated alkanes) is 2. The number of carbonyl (C=O) groups is 3. The van der Waals surface area contributed by atoms with Crippen molar-refractivity contribution in [1.29, 1.82) is 0 Å². The van der Waals surface area contributed by atoms with Crippen LogP contribution in [0.5, 0.6) is 0 Å². The van der Waals surface area contributed by atoms with Gasteiger partial charge in [-0.3, -0.25) is 14.4 Å². The van der Waals surface area contributed by atoms with E-state index in [0.29, 0.717) is 13.2 Å². The SMILES string of the molecule is CC(=O)OCC1OC(OCCCCCN)C(C)C(OC(C)=O)C1OC(C)=O. The van der Waals surface area contributed by atoms with E-state index in [9.17, 15) is 14.4 Å². The Morgan fingerprint density at radius 2 is 1.56 bits per heavy atom. The molecule has 9 heteroatoms. The molecule has 27 heavy (non-hydrogen) atoms. The Morgan fingerprint density at radius 3 is 2.11 bits per heavy atom. The van der Waals surface area contributed by atoms with E-state index in [1.165, 1.54) is 20.8 Å². The van der Waals surface area contributed by atoms with Crippen molar-refractivity contribution in [2.75, 3.05) is 19.8 Å². The monoisotopic (exact) mass is 389 g/mol. The van der Waals surface area contributed by atoms with Gasteiger partial charge in [0.25, 0.3) is 0 Å². The topological polar surface area (TPSA) is 123 Å². The normalized spacial score (nSPS) is 27.7. The highest BCUT2D eigenvalue weighted by Gasteiger charge is 2.48. The average molecular weight is 389 g/mol. The van der Waals surface area contributed by atoms with Gasteiger partial charge in [-0.25, -0.2) is 0 Å². The molecule has 1 fully saturated rings. The summed E-state index contributed by atoms with van der Waals surface area (Å²) in [4.78, 5) is 34.3. The van der Waals surface area contributed by atoms with Gasteiger partial charge in [0.05, 0.1) is 0 Å². The molecule has 0 aromatic carbocycles. The minimum Gasteiger partial charge on any atom is -0.463 e. The van der Waals surface area contributed by atoms with E-state index in [2.05, 4.69) is 0 Å². The number of nitrogens with two attached hydrogens (primary N) is 1.